The molecule has 1 saturated heterocycles. The maximum atomic E-state index is 13.1. The zero-order valence-electron chi connectivity index (χ0n) is 13.8. The molecular formula is C14H9B5N4O3. The van der Waals surface area contributed by atoms with Gasteiger partial charge in [-0.2, -0.15) is 0 Å². The van der Waals surface area contributed by atoms with Crippen LogP contribution in [0.1, 0.15) is 11.9 Å². The van der Waals surface area contributed by atoms with Gasteiger partial charge in [0, 0.05) is 5.69 Å². The molecule has 1 aromatic heterocycles. The van der Waals surface area contributed by atoms with Gasteiger partial charge in [-0.3, -0.25) is 24.3 Å². The molecule has 2 aromatic rings. The van der Waals surface area contributed by atoms with E-state index >= 15 is 0 Å². The minimum Gasteiger partial charge on any atom is -0.398 e. The van der Waals surface area contributed by atoms with Gasteiger partial charge in [-0.25, -0.2) is 4.98 Å². The third-order valence-electron chi connectivity index (χ3n) is 4.58. The summed E-state index contributed by atoms with van der Waals surface area (Å²) in [6, 6.07) is 1.32. The van der Waals surface area contributed by atoms with Gasteiger partial charge in [0.25, 0.3) is 5.56 Å². The van der Waals surface area contributed by atoms with E-state index in [0.717, 1.165) is 4.57 Å². The molecule has 0 bridgehead atoms. The molecule has 1 aliphatic heterocycles. The summed E-state index contributed by atoms with van der Waals surface area (Å²) in [4.78, 5) is 41.7. The normalized spacial score (nSPS) is 21.5. The number of aryl methyl sites for hydroxylation is 1. The van der Waals surface area contributed by atoms with Crippen molar-refractivity contribution in [2.24, 2.45) is 0 Å². The molecule has 1 fully saturated rings. The van der Waals surface area contributed by atoms with Crippen molar-refractivity contribution in [2.45, 2.75) is 23.4 Å². The van der Waals surface area contributed by atoms with Crippen LogP contribution in [0.5, 0.6) is 0 Å². The number of carbonyl (C=O) groups excluding carboxylic acids is 2. The van der Waals surface area contributed by atoms with Gasteiger partial charge in [0.05, 0.1) is 42.3 Å². The van der Waals surface area contributed by atoms with Gasteiger partial charge in [0.1, 0.15) is 19.7 Å². The van der Waals surface area contributed by atoms with Crippen molar-refractivity contribution in [3.8, 4) is 0 Å². The van der Waals surface area contributed by atoms with Crippen LogP contribution in [0.2, 0.25) is 10.4 Å². The molecule has 3 N–H and O–H groups in total. The lowest BCUT2D eigenvalue weighted by molar-refractivity contribution is -0.137. The number of anilines is 1. The topological polar surface area (TPSA) is 107 Å². The Kier molecular flexibility index (Phi) is 3.94. The van der Waals surface area contributed by atoms with E-state index in [4.69, 9.17) is 45.0 Å². The van der Waals surface area contributed by atoms with Crippen LogP contribution in [-0.4, -0.2) is 60.6 Å². The molecule has 118 valence electrons. The second kappa shape index (κ2) is 5.56. The zero-order valence-corrected chi connectivity index (χ0v) is 13.8. The number of aromatic nitrogens is 2. The van der Waals surface area contributed by atoms with E-state index in [9.17, 15) is 14.4 Å². The predicted molar refractivity (Wildman–Crippen MR) is 101 cm³/mol. The lowest BCUT2D eigenvalue weighted by atomic mass is 9.26. The first-order valence-corrected chi connectivity index (χ1v) is 7.49. The number of rotatable bonds is 1. The van der Waals surface area contributed by atoms with Crippen molar-refractivity contribution in [3.05, 3.63) is 28.3 Å². The van der Waals surface area contributed by atoms with Gasteiger partial charge < -0.3 is 5.73 Å². The third-order valence-corrected chi connectivity index (χ3v) is 4.58. The second-order valence-electron chi connectivity index (χ2n) is 6.32. The number of amides is 2. The maximum Gasteiger partial charge on any atom is 0.264 e. The van der Waals surface area contributed by atoms with Crippen molar-refractivity contribution in [3.63, 3.8) is 0 Å². The smallest absolute Gasteiger partial charge is 0.264 e. The molecule has 0 spiro atoms. The Labute approximate surface area is 155 Å². The van der Waals surface area contributed by atoms with E-state index in [-0.39, 0.29) is 27.9 Å². The number of nitrogens with zero attached hydrogens (tertiary/aromatic N) is 2. The predicted octanol–water partition coefficient (Wildman–Crippen LogP) is -2.82. The number of piperidine rings is 1. The molecule has 2 heterocycles. The number of hydrogen-bond acceptors (Lipinski definition) is 5. The molecule has 0 aliphatic carbocycles. The van der Waals surface area contributed by atoms with Gasteiger partial charge >= 0.3 is 0 Å². The first-order valence-electron chi connectivity index (χ1n) is 7.49. The van der Waals surface area contributed by atoms with E-state index < -0.39 is 33.8 Å². The first-order chi connectivity index (χ1) is 11.9. The van der Waals surface area contributed by atoms with Crippen LogP contribution in [0.3, 0.4) is 0 Å². The first kappa shape index (κ1) is 18.4. The number of carbonyl (C=O) groups is 2. The number of nitrogen functional groups attached to an aromatic ring is 1. The Bertz CT molecular complexity index is 1030. The summed E-state index contributed by atoms with van der Waals surface area (Å²) in [7, 11) is 29.3. The van der Waals surface area contributed by atoms with Crippen LogP contribution in [0, 0.1) is 6.92 Å². The Morgan fingerprint density at radius 2 is 1.81 bits per heavy atom. The average molecular weight is 335 g/mol. The van der Waals surface area contributed by atoms with Crippen molar-refractivity contribution >= 4 is 73.1 Å². The summed E-state index contributed by atoms with van der Waals surface area (Å²) < 4.78 is 0.911. The third kappa shape index (κ3) is 2.27. The van der Waals surface area contributed by atoms with Crippen molar-refractivity contribution in [1.29, 1.82) is 0 Å². The maximum absolute atomic E-state index is 13.1. The molecule has 2 amide bonds. The van der Waals surface area contributed by atoms with E-state index in [2.05, 4.69) is 4.98 Å². The molecule has 7 nitrogen and oxygen atoms in total. The summed E-state index contributed by atoms with van der Waals surface area (Å²) in [6.45, 7) is 1.44. The largest absolute Gasteiger partial charge is 0.398 e. The zero-order chi connectivity index (χ0) is 19.6. The highest BCUT2D eigenvalue weighted by Gasteiger charge is 2.54. The van der Waals surface area contributed by atoms with Gasteiger partial charge in [0.2, 0.25) is 11.8 Å². The van der Waals surface area contributed by atoms with Gasteiger partial charge in [-0.05, 0) is 18.2 Å². The highest BCUT2D eigenvalue weighted by Crippen LogP contribution is 2.52. The van der Waals surface area contributed by atoms with Crippen LogP contribution in [0.4, 0.5) is 5.69 Å². The molecule has 1 unspecified atom stereocenters. The monoisotopic (exact) mass is 336 g/mol. The summed E-state index contributed by atoms with van der Waals surface area (Å²) in [6.07, 6.45) is 0. The summed E-state index contributed by atoms with van der Waals surface area (Å²) in [5.41, 5.74) is 5.65. The van der Waals surface area contributed by atoms with Crippen molar-refractivity contribution in [2.75, 3.05) is 5.73 Å². The second-order valence-corrected chi connectivity index (χ2v) is 6.32. The van der Waals surface area contributed by atoms with E-state index in [1.807, 2.05) is 5.32 Å². The van der Waals surface area contributed by atoms with Crippen LogP contribution in [0.15, 0.2) is 16.9 Å². The minimum absolute atomic E-state index is 0.0178. The van der Waals surface area contributed by atoms with Crippen molar-refractivity contribution in [1.82, 2.24) is 14.9 Å². The highest BCUT2D eigenvalue weighted by molar-refractivity contribution is 6.63. The molecule has 0 saturated carbocycles. The minimum atomic E-state index is -2.33. The number of fused-ring (bicyclic) bond motifs is 1. The molecule has 3 rings (SSSR count). The molecule has 1 aromatic carbocycles. The van der Waals surface area contributed by atoms with Crippen LogP contribution >= 0.6 is 0 Å². The molecule has 1 atom stereocenters. The molecule has 26 heavy (non-hydrogen) atoms. The fourth-order valence-corrected chi connectivity index (χ4v) is 3.01. The molecule has 12 heteroatoms. The average Bonchev–Trinajstić information content (AvgIpc) is 2.52. The Morgan fingerprint density at radius 1 is 1.19 bits per heavy atom. The molecule has 1 aliphatic rings. The van der Waals surface area contributed by atoms with E-state index in [1.165, 1.54) is 19.1 Å². The number of imide groups is 1. The number of benzene rings is 1. The SMILES string of the molecule is [B]c1ccc(N)c2c(=O)n(C3C(=O)NC(=O)C([B])([B])C3([B])[B])c(C)nc12. The molecular weight excluding hydrogens is 326 g/mol. The van der Waals surface area contributed by atoms with Crippen LogP contribution in [-0.2, 0) is 9.59 Å². The van der Waals surface area contributed by atoms with Crippen LogP contribution < -0.4 is 22.1 Å². The number of nitrogens with two attached hydrogens (primary N) is 1. The van der Waals surface area contributed by atoms with E-state index in [0.29, 0.717) is 0 Å². The molecule has 10 radical (unpaired) electrons. The number of nitrogens with one attached hydrogen (secondary N) is 1. The fraction of sp³-hybridized carbons (Fsp3) is 0.286. The lowest BCUT2D eigenvalue weighted by Crippen LogP contribution is -2.61. The van der Waals surface area contributed by atoms with Gasteiger partial charge in [-0.1, -0.05) is 16.7 Å². The number of hydrogen-bond donors (Lipinski definition) is 2. The summed E-state index contributed by atoms with van der Waals surface area (Å²) in [5.74, 6) is -1.95. The van der Waals surface area contributed by atoms with Crippen molar-refractivity contribution < 1.29 is 9.59 Å². The lowest BCUT2D eigenvalue weighted by Gasteiger charge is -2.51. The summed E-state index contributed by atoms with van der Waals surface area (Å²) in [5, 5.41) is -2.66. The Morgan fingerprint density at radius 3 is 2.42 bits per heavy atom. The standard InChI is InChI=1S/C14H9B5N4O3/c1-4-21-8-5(15)2-3-6(20)7(8)11(25)23(4)9-10(24)22-12(26)14(18,19)13(9,16)17/h2-3,9H,20H2,1H3,(H,22,24,26). The highest BCUT2D eigenvalue weighted by atomic mass is 16.2. The summed E-state index contributed by atoms with van der Waals surface area (Å²) >= 11 is 0. The van der Waals surface area contributed by atoms with Crippen LogP contribution in [0.25, 0.3) is 10.9 Å². The Balaban J connectivity index is 2.39. The Hall–Kier alpha value is -2.38. The quantitative estimate of drug-likeness (QED) is 0.332. The van der Waals surface area contributed by atoms with Gasteiger partial charge in [-0.15, -0.1) is 0 Å². The van der Waals surface area contributed by atoms with Gasteiger partial charge in [0.15, 0.2) is 0 Å². The fourth-order valence-electron chi connectivity index (χ4n) is 3.01. The van der Waals surface area contributed by atoms with E-state index in [1.54, 1.807) is 0 Å².